The van der Waals surface area contributed by atoms with Crippen LogP contribution in [0.15, 0.2) is 83.7 Å². The Bertz CT molecular complexity index is 1320. The van der Waals surface area contributed by atoms with Crippen molar-refractivity contribution in [1.29, 1.82) is 0 Å². The number of benzene rings is 3. The van der Waals surface area contributed by atoms with Crippen LogP contribution in [-0.4, -0.2) is 21.6 Å². The van der Waals surface area contributed by atoms with Crippen LogP contribution in [0.3, 0.4) is 0 Å². The SMILES string of the molecule is CC(=O)Nc1cc(-c2ccccc2)nn(CC(=O)Nc2cccc3ccccc23)c1=O. The maximum atomic E-state index is 12.8. The molecule has 0 radical (unpaired) electrons. The van der Waals surface area contributed by atoms with E-state index < -0.39 is 11.5 Å². The van der Waals surface area contributed by atoms with Crippen LogP contribution in [0.2, 0.25) is 0 Å². The van der Waals surface area contributed by atoms with Crippen LogP contribution < -0.4 is 16.2 Å². The standard InChI is InChI=1S/C24H20N4O3/c1-16(29)25-22-14-21(18-9-3-2-4-10-18)27-28(24(22)31)15-23(30)26-20-13-7-11-17-8-5-6-12-19(17)20/h2-14H,15H2,1H3,(H,25,29)(H,26,30). The second-order valence-corrected chi connectivity index (χ2v) is 7.03. The van der Waals surface area contributed by atoms with E-state index in [1.54, 1.807) is 6.07 Å². The highest BCUT2D eigenvalue weighted by atomic mass is 16.2. The summed E-state index contributed by atoms with van der Waals surface area (Å²) in [6.07, 6.45) is 0. The molecule has 0 unspecified atom stereocenters. The summed E-state index contributed by atoms with van der Waals surface area (Å²) in [7, 11) is 0. The van der Waals surface area contributed by atoms with Crippen molar-refractivity contribution in [2.75, 3.05) is 10.6 Å². The first-order valence-electron chi connectivity index (χ1n) is 9.74. The van der Waals surface area contributed by atoms with Crippen molar-refractivity contribution < 1.29 is 9.59 Å². The molecule has 0 aliphatic heterocycles. The molecule has 7 heteroatoms. The van der Waals surface area contributed by atoms with E-state index in [-0.39, 0.29) is 18.1 Å². The van der Waals surface area contributed by atoms with E-state index in [4.69, 9.17) is 0 Å². The molecule has 0 atom stereocenters. The van der Waals surface area contributed by atoms with Gasteiger partial charge in [0, 0.05) is 23.6 Å². The van der Waals surface area contributed by atoms with E-state index in [0.717, 1.165) is 21.0 Å². The first-order chi connectivity index (χ1) is 15.0. The fourth-order valence-corrected chi connectivity index (χ4v) is 3.34. The molecule has 2 amide bonds. The Kier molecular flexibility index (Phi) is 5.57. The molecule has 2 N–H and O–H groups in total. The lowest BCUT2D eigenvalue weighted by Crippen LogP contribution is -2.32. The second kappa shape index (κ2) is 8.62. The van der Waals surface area contributed by atoms with Gasteiger partial charge in [-0.2, -0.15) is 5.10 Å². The Hall–Kier alpha value is -4.26. The third kappa shape index (κ3) is 4.51. The number of aromatic nitrogens is 2. The molecule has 0 spiro atoms. The normalized spacial score (nSPS) is 10.6. The van der Waals surface area contributed by atoms with Gasteiger partial charge in [-0.15, -0.1) is 0 Å². The number of nitrogens with zero attached hydrogens (tertiary/aromatic N) is 2. The number of hydrogen-bond acceptors (Lipinski definition) is 4. The van der Waals surface area contributed by atoms with Gasteiger partial charge >= 0.3 is 0 Å². The van der Waals surface area contributed by atoms with Crippen LogP contribution >= 0.6 is 0 Å². The van der Waals surface area contributed by atoms with Gasteiger partial charge in [0.25, 0.3) is 5.56 Å². The minimum Gasteiger partial charge on any atom is -0.324 e. The molecule has 1 heterocycles. The smallest absolute Gasteiger partial charge is 0.291 e. The summed E-state index contributed by atoms with van der Waals surface area (Å²) in [6, 6.07) is 24.1. The number of rotatable bonds is 5. The predicted molar refractivity (Wildman–Crippen MR) is 121 cm³/mol. The van der Waals surface area contributed by atoms with E-state index in [1.807, 2.05) is 66.7 Å². The van der Waals surface area contributed by atoms with Gasteiger partial charge in [0.2, 0.25) is 11.8 Å². The Morgan fingerprint density at radius 3 is 2.35 bits per heavy atom. The Morgan fingerprint density at radius 1 is 0.871 bits per heavy atom. The van der Waals surface area contributed by atoms with Gasteiger partial charge < -0.3 is 10.6 Å². The summed E-state index contributed by atoms with van der Waals surface area (Å²) < 4.78 is 1.06. The van der Waals surface area contributed by atoms with Gasteiger partial charge in [-0.25, -0.2) is 4.68 Å². The van der Waals surface area contributed by atoms with E-state index in [2.05, 4.69) is 15.7 Å². The molecule has 0 fully saturated rings. The molecule has 0 saturated heterocycles. The topological polar surface area (TPSA) is 93.1 Å². The van der Waals surface area contributed by atoms with Crippen molar-refractivity contribution in [2.24, 2.45) is 0 Å². The summed E-state index contributed by atoms with van der Waals surface area (Å²) in [5, 5.41) is 11.6. The summed E-state index contributed by atoms with van der Waals surface area (Å²) in [4.78, 5) is 37.1. The van der Waals surface area contributed by atoms with E-state index in [0.29, 0.717) is 11.4 Å². The number of fused-ring (bicyclic) bond motifs is 1. The van der Waals surface area contributed by atoms with Crippen LogP contribution in [0.1, 0.15) is 6.92 Å². The molecule has 3 aromatic carbocycles. The van der Waals surface area contributed by atoms with Crippen LogP contribution in [0, 0.1) is 0 Å². The van der Waals surface area contributed by atoms with Crippen molar-refractivity contribution in [3.8, 4) is 11.3 Å². The highest BCUT2D eigenvalue weighted by Gasteiger charge is 2.14. The minimum atomic E-state index is -0.553. The first-order valence-corrected chi connectivity index (χ1v) is 9.74. The lowest BCUT2D eigenvalue weighted by atomic mass is 10.1. The number of carbonyl (C=O) groups excluding carboxylic acids is 2. The molecule has 0 bridgehead atoms. The highest BCUT2D eigenvalue weighted by Crippen LogP contribution is 2.23. The average molecular weight is 412 g/mol. The third-order valence-corrected chi connectivity index (χ3v) is 4.71. The van der Waals surface area contributed by atoms with Crippen molar-refractivity contribution >= 4 is 34.0 Å². The molecule has 4 rings (SSSR count). The van der Waals surface area contributed by atoms with E-state index in [9.17, 15) is 14.4 Å². The first kappa shape index (κ1) is 20.0. The largest absolute Gasteiger partial charge is 0.324 e. The van der Waals surface area contributed by atoms with Crippen LogP contribution in [0.25, 0.3) is 22.0 Å². The quantitative estimate of drug-likeness (QED) is 0.523. The fraction of sp³-hybridized carbons (Fsp3) is 0.0833. The summed E-state index contributed by atoms with van der Waals surface area (Å²) in [5.74, 6) is -0.779. The predicted octanol–water partition coefficient (Wildman–Crippen LogP) is 3.66. The zero-order valence-corrected chi connectivity index (χ0v) is 16.8. The lowest BCUT2D eigenvalue weighted by molar-refractivity contribution is -0.117. The van der Waals surface area contributed by atoms with Gasteiger partial charge in [0.1, 0.15) is 12.2 Å². The molecular weight excluding hydrogens is 392 g/mol. The zero-order valence-electron chi connectivity index (χ0n) is 16.8. The third-order valence-electron chi connectivity index (χ3n) is 4.71. The van der Waals surface area contributed by atoms with Crippen molar-refractivity contribution in [1.82, 2.24) is 9.78 Å². The maximum absolute atomic E-state index is 12.8. The molecular formula is C24H20N4O3. The second-order valence-electron chi connectivity index (χ2n) is 7.03. The Labute approximate surface area is 178 Å². The van der Waals surface area contributed by atoms with Crippen LogP contribution in [0.4, 0.5) is 11.4 Å². The molecule has 1 aromatic heterocycles. The van der Waals surface area contributed by atoms with Gasteiger partial charge in [0.15, 0.2) is 0 Å². The molecule has 31 heavy (non-hydrogen) atoms. The molecule has 0 aliphatic carbocycles. The Balaban J connectivity index is 1.67. The summed E-state index contributed by atoms with van der Waals surface area (Å²) in [6.45, 7) is 1.02. The van der Waals surface area contributed by atoms with Gasteiger partial charge in [-0.05, 0) is 17.5 Å². The number of hydrogen-bond donors (Lipinski definition) is 2. The van der Waals surface area contributed by atoms with Gasteiger partial charge in [0.05, 0.1) is 5.69 Å². The molecule has 0 aliphatic rings. The number of nitrogens with one attached hydrogen (secondary N) is 2. The number of carbonyl (C=O) groups is 2. The van der Waals surface area contributed by atoms with E-state index >= 15 is 0 Å². The monoisotopic (exact) mass is 412 g/mol. The van der Waals surface area contributed by atoms with Gasteiger partial charge in [-0.1, -0.05) is 66.7 Å². The number of amides is 2. The fourth-order valence-electron chi connectivity index (χ4n) is 3.34. The van der Waals surface area contributed by atoms with Crippen molar-refractivity contribution in [3.05, 3.63) is 89.2 Å². The highest BCUT2D eigenvalue weighted by molar-refractivity contribution is 6.02. The lowest BCUT2D eigenvalue weighted by Gasteiger charge is -2.12. The Morgan fingerprint density at radius 2 is 1.58 bits per heavy atom. The van der Waals surface area contributed by atoms with Crippen molar-refractivity contribution in [3.63, 3.8) is 0 Å². The minimum absolute atomic E-state index is 0.0688. The summed E-state index contributed by atoms with van der Waals surface area (Å²) in [5.41, 5.74) is 1.40. The molecule has 7 nitrogen and oxygen atoms in total. The molecule has 154 valence electrons. The summed E-state index contributed by atoms with van der Waals surface area (Å²) >= 11 is 0. The molecule has 0 saturated carbocycles. The zero-order chi connectivity index (χ0) is 21.8. The average Bonchev–Trinajstić information content (AvgIpc) is 2.77. The van der Waals surface area contributed by atoms with Crippen LogP contribution in [0.5, 0.6) is 0 Å². The van der Waals surface area contributed by atoms with Gasteiger partial charge in [-0.3, -0.25) is 14.4 Å². The molecule has 4 aromatic rings. The van der Waals surface area contributed by atoms with Crippen LogP contribution in [-0.2, 0) is 16.1 Å². The van der Waals surface area contributed by atoms with Crippen molar-refractivity contribution in [2.45, 2.75) is 13.5 Å². The maximum Gasteiger partial charge on any atom is 0.291 e. The van der Waals surface area contributed by atoms with E-state index in [1.165, 1.54) is 13.0 Å². The number of anilines is 2.